The van der Waals surface area contributed by atoms with Gasteiger partial charge in [0.05, 0.1) is 27.4 Å². The first-order valence-corrected chi connectivity index (χ1v) is 9.43. The molecule has 0 bridgehead atoms. The normalized spacial score (nSPS) is 11.7. The van der Waals surface area contributed by atoms with Crippen molar-refractivity contribution < 1.29 is 19.6 Å². The Labute approximate surface area is 180 Å². The molecule has 0 saturated heterocycles. The number of nitro benzene ring substituents is 1. The van der Waals surface area contributed by atoms with Crippen LogP contribution in [0, 0.1) is 10.1 Å². The van der Waals surface area contributed by atoms with Gasteiger partial charge in [-0.15, -0.1) is 0 Å². The van der Waals surface area contributed by atoms with E-state index in [1.165, 1.54) is 41.3 Å². The van der Waals surface area contributed by atoms with E-state index in [1.807, 2.05) is 0 Å². The molecule has 1 amide bonds. The number of carbonyl (C=O) groups excluding carboxylic acids is 1. The Morgan fingerprint density at radius 2 is 2.00 bits per heavy atom. The van der Waals surface area contributed by atoms with E-state index in [-0.39, 0.29) is 29.4 Å². The van der Waals surface area contributed by atoms with Gasteiger partial charge < -0.3 is 15.2 Å². The fourth-order valence-corrected chi connectivity index (χ4v) is 2.81. The highest BCUT2D eigenvalue weighted by Gasteiger charge is 2.14. The van der Waals surface area contributed by atoms with Gasteiger partial charge in [-0.2, -0.15) is 5.10 Å². The molecule has 0 aliphatic rings. The average molecular weight is 451 g/mol. The predicted octanol–water partition coefficient (Wildman–Crippen LogP) is 3.26. The molecule has 0 saturated carbocycles. The molecule has 3 rings (SSSR count). The van der Waals surface area contributed by atoms with Gasteiger partial charge in [0.2, 0.25) is 0 Å². The molecule has 1 aromatic heterocycles. The van der Waals surface area contributed by atoms with Crippen LogP contribution in [-0.2, 0) is 0 Å². The van der Waals surface area contributed by atoms with Gasteiger partial charge in [0.15, 0.2) is 0 Å². The number of ether oxygens (including phenoxy) is 1. The average Bonchev–Trinajstić information content (AvgIpc) is 3.23. The maximum atomic E-state index is 12.3. The lowest BCUT2D eigenvalue weighted by molar-refractivity contribution is -0.384. The third-order valence-corrected chi connectivity index (χ3v) is 4.82. The monoisotopic (exact) mass is 450 g/mol. The molecule has 156 valence electrons. The second kappa shape index (κ2) is 9.57. The van der Waals surface area contributed by atoms with E-state index in [9.17, 15) is 20.0 Å². The molecule has 0 spiro atoms. The minimum absolute atomic E-state index is 0.0425. The number of aliphatic hydroxyl groups is 1. The zero-order valence-corrected chi connectivity index (χ0v) is 16.9. The van der Waals surface area contributed by atoms with E-state index in [2.05, 4.69) is 10.4 Å². The molecule has 9 nitrogen and oxygen atoms in total. The van der Waals surface area contributed by atoms with Crippen LogP contribution in [0.1, 0.15) is 10.4 Å². The molecule has 0 aliphatic carbocycles. The van der Waals surface area contributed by atoms with Crippen molar-refractivity contribution in [3.05, 3.63) is 80.6 Å². The Balaban J connectivity index is 1.52. The van der Waals surface area contributed by atoms with Crippen molar-refractivity contribution in [2.45, 2.75) is 6.10 Å². The molecular weight excluding hydrogens is 435 g/mol. The summed E-state index contributed by atoms with van der Waals surface area (Å²) in [4.78, 5) is 22.5. The molecule has 0 aliphatic heterocycles. The van der Waals surface area contributed by atoms with Crippen LogP contribution in [0.25, 0.3) is 5.69 Å². The van der Waals surface area contributed by atoms with E-state index in [0.717, 1.165) is 0 Å². The van der Waals surface area contributed by atoms with E-state index >= 15 is 0 Å². The standard InChI is InChI=1S/C19H16Cl2N4O5/c20-16-2-1-3-17(18(16)21)30-11-15(26)9-22-19(27)12-8-23-24(10-12)13-4-6-14(7-5-13)25(28)29/h1-8,10,15,26H,9,11H2,(H,22,27). The molecule has 2 N–H and O–H groups in total. The second-order valence-electron chi connectivity index (χ2n) is 6.17. The number of hydrogen-bond donors (Lipinski definition) is 2. The SMILES string of the molecule is O=C(NCC(O)COc1cccc(Cl)c1Cl)c1cnn(-c2ccc([N+](=O)[O-])cc2)c1. The maximum absolute atomic E-state index is 12.3. The van der Waals surface area contributed by atoms with Crippen LogP contribution in [0.2, 0.25) is 10.0 Å². The number of nitro groups is 1. The number of benzene rings is 2. The number of aromatic nitrogens is 2. The molecule has 0 radical (unpaired) electrons. The highest BCUT2D eigenvalue weighted by molar-refractivity contribution is 6.42. The van der Waals surface area contributed by atoms with Gasteiger partial charge in [-0.25, -0.2) is 4.68 Å². The lowest BCUT2D eigenvalue weighted by Gasteiger charge is -2.14. The highest BCUT2D eigenvalue weighted by Crippen LogP contribution is 2.31. The van der Waals surface area contributed by atoms with Crippen molar-refractivity contribution in [1.82, 2.24) is 15.1 Å². The fourth-order valence-electron chi connectivity index (χ4n) is 2.46. The number of hydrogen-bond acceptors (Lipinski definition) is 6. The first-order chi connectivity index (χ1) is 14.3. The Morgan fingerprint density at radius 3 is 2.70 bits per heavy atom. The molecule has 11 heteroatoms. The van der Waals surface area contributed by atoms with Crippen molar-refractivity contribution in [2.75, 3.05) is 13.2 Å². The molecule has 1 heterocycles. The molecule has 1 unspecified atom stereocenters. The zero-order chi connectivity index (χ0) is 21.7. The third-order valence-electron chi connectivity index (χ3n) is 4.02. The maximum Gasteiger partial charge on any atom is 0.269 e. The van der Waals surface area contributed by atoms with Gasteiger partial charge >= 0.3 is 0 Å². The number of non-ortho nitro benzene ring substituents is 1. The Kier molecular flexibility index (Phi) is 6.88. The van der Waals surface area contributed by atoms with Crippen LogP contribution < -0.4 is 10.1 Å². The highest BCUT2D eigenvalue weighted by atomic mass is 35.5. The summed E-state index contributed by atoms with van der Waals surface area (Å²) >= 11 is 11.9. The van der Waals surface area contributed by atoms with Crippen LogP contribution in [0.3, 0.4) is 0 Å². The summed E-state index contributed by atoms with van der Waals surface area (Å²) in [6, 6.07) is 10.6. The first kappa shape index (κ1) is 21.6. The van der Waals surface area contributed by atoms with E-state index in [0.29, 0.717) is 16.5 Å². The second-order valence-corrected chi connectivity index (χ2v) is 6.96. The summed E-state index contributed by atoms with van der Waals surface area (Å²) in [5.41, 5.74) is 0.782. The number of nitrogens with one attached hydrogen (secondary N) is 1. The van der Waals surface area contributed by atoms with Crippen LogP contribution in [0.4, 0.5) is 5.69 Å². The number of halogens is 2. The molecule has 2 aromatic carbocycles. The smallest absolute Gasteiger partial charge is 0.269 e. The van der Waals surface area contributed by atoms with Gasteiger partial charge in [-0.3, -0.25) is 14.9 Å². The van der Waals surface area contributed by atoms with E-state index in [4.69, 9.17) is 27.9 Å². The van der Waals surface area contributed by atoms with E-state index in [1.54, 1.807) is 18.2 Å². The van der Waals surface area contributed by atoms with Crippen LogP contribution in [0.15, 0.2) is 54.9 Å². The minimum Gasteiger partial charge on any atom is -0.489 e. The van der Waals surface area contributed by atoms with Crippen molar-refractivity contribution in [3.63, 3.8) is 0 Å². The minimum atomic E-state index is -0.978. The third kappa shape index (κ3) is 5.26. The summed E-state index contributed by atoms with van der Waals surface area (Å²) in [7, 11) is 0. The van der Waals surface area contributed by atoms with Gasteiger partial charge in [0, 0.05) is 24.9 Å². The van der Waals surface area contributed by atoms with Crippen molar-refractivity contribution >= 4 is 34.8 Å². The quantitative estimate of drug-likeness (QED) is 0.401. The molecule has 0 fully saturated rings. The number of aliphatic hydroxyl groups excluding tert-OH is 1. The molecular formula is C19H16Cl2N4O5. The van der Waals surface area contributed by atoms with Crippen molar-refractivity contribution in [1.29, 1.82) is 0 Å². The van der Waals surface area contributed by atoms with Gasteiger partial charge in [-0.1, -0.05) is 29.3 Å². The van der Waals surface area contributed by atoms with Crippen LogP contribution >= 0.6 is 23.2 Å². The molecule has 30 heavy (non-hydrogen) atoms. The fraction of sp³-hybridized carbons (Fsp3) is 0.158. The number of nitrogens with zero attached hydrogens (tertiary/aromatic N) is 3. The van der Waals surface area contributed by atoms with Gasteiger partial charge in [-0.05, 0) is 24.3 Å². The number of carbonyl (C=O) groups is 1. The summed E-state index contributed by atoms with van der Waals surface area (Å²) in [6.07, 6.45) is 1.85. The Bertz CT molecular complexity index is 1060. The van der Waals surface area contributed by atoms with Crippen molar-refractivity contribution in [2.24, 2.45) is 0 Å². The molecule has 1 atom stereocenters. The number of rotatable bonds is 8. The lowest BCUT2D eigenvalue weighted by Crippen LogP contribution is -2.35. The largest absolute Gasteiger partial charge is 0.489 e. The number of amides is 1. The Hall–Kier alpha value is -3.14. The topological polar surface area (TPSA) is 120 Å². The van der Waals surface area contributed by atoms with Gasteiger partial charge in [0.1, 0.15) is 23.5 Å². The summed E-state index contributed by atoms with van der Waals surface area (Å²) in [5.74, 6) is -0.109. The zero-order valence-electron chi connectivity index (χ0n) is 15.4. The van der Waals surface area contributed by atoms with E-state index < -0.39 is 16.9 Å². The lowest BCUT2D eigenvalue weighted by atomic mass is 10.3. The molecule has 3 aromatic rings. The predicted molar refractivity (Wildman–Crippen MR) is 111 cm³/mol. The summed E-state index contributed by atoms with van der Waals surface area (Å²) in [6.45, 7) is -0.151. The van der Waals surface area contributed by atoms with Crippen LogP contribution in [0.5, 0.6) is 5.75 Å². The first-order valence-electron chi connectivity index (χ1n) is 8.67. The summed E-state index contributed by atoms with van der Waals surface area (Å²) in [5, 5.41) is 28.0. The van der Waals surface area contributed by atoms with Gasteiger partial charge in [0.25, 0.3) is 11.6 Å². The Morgan fingerprint density at radius 1 is 1.27 bits per heavy atom. The van der Waals surface area contributed by atoms with Crippen molar-refractivity contribution in [3.8, 4) is 11.4 Å². The van der Waals surface area contributed by atoms with Crippen LogP contribution in [-0.4, -0.2) is 45.0 Å². The summed E-state index contributed by atoms with van der Waals surface area (Å²) < 4.78 is 6.84.